The third kappa shape index (κ3) is 3.13. The van der Waals surface area contributed by atoms with Crippen LogP contribution < -0.4 is 5.32 Å². The lowest BCUT2D eigenvalue weighted by molar-refractivity contribution is -0.133. The molecule has 1 saturated heterocycles. The fraction of sp³-hybridized carbons (Fsp3) is 0.611. The zero-order valence-electron chi connectivity index (χ0n) is 13.8. The van der Waals surface area contributed by atoms with Gasteiger partial charge in [-0.3, -0.25) is 10.1 Å². The summed E-state index contributed by atoms with van der Waals surface area (Å²) in [7, 11) is 0. The van der Waals surface area contributed by atoms with Crippen LogP contribution in [0.15, 0.2) is 30.3 Å². The van der Waals surface area contributed by atoms with Crippen LogP contribution in [-0.2, 0) is 4.79 Å². The largest absolute Gasteiger partial charge is 0.319 e. The summed E-state index contributed by atoms with van der Waals surface area (Å²) in [4.78, 5) is 14.9. The number of amides is 1. The third-order valence-electron chi connectivity index (χ3n) is 4.82. The summed E-state index contributed by atoms with van der Waals surface area (Å²) in [5.74, 6) is 1.04. The molecular formula is C18H28N2O. The second-order valence-electron chi connectivity index (χ2n) is 6.57. The lowest BCUT2D eigenvalue weighted by Crippen LogP contribution is -2.42. The topological polar surface area (TPSA) is 32.3 Å². The Balaban J connectivity index is 2.34. The van der Waals surface area contributed by atoms with Crippen LogP contribution in [0.1, 0.15) is 52.8 Å². The second-order valence-corrected chi connectivity index (χ2v) is 6.57. The summed E-state index contributed by atoms with van der Waals surface area (Å²) in [5, 5.41) is 3.54. The third-order valence-corrected chi connectivity index (χ3v) is 4.82. The first-order valence-electron chi connectivity index (χ1n) is 8.10. The monoisotopic (exact) mass is 288 g/mol. The fourth-order valence-corrected chi connectivity index (χ4v) is 3.03. The van der Waals surface area contributed by atoms with Crippen molar-refractivity contribution in [1.82, 2.24) is 10.2 Å². The molecule has 0 aromatic heterocycles. The molecule has 1 aromatic carbocycles. The molecule has 3 nitrogen and oxygen atoms in total. The summed E-state index contributed by atoms with van der Waals surface area (Å²) in [5.41, 5.74) is 1.17. The van der Waals surface area contributed by atoms with E-state index in [9.17, 15) is 4.79 Å². The highest BCUT2D eigenvalue weighted by molar-refractivity contribution is 5.85. The van der Waals surface area contributed by atoms with Crippen molar-refractivity contribution in [1.29, 1.82) is 0 Å². The van der Waals surface area contributed by atoms with Crippen molar-refractivity contribution in [2.45, 2.75) is 59.3 Å². The van der Waals surface area contributed by atoms with Crippen LogP contribution in [0.3, 0.4) is 0 Å². The number of carbonyl (C=O) groups is 1. The van der Waals surface area contributed by atoms with E-state index in [-0.39, 0.29) is 24.2 Å². The Labute approximate surface area is 128 Å². The van der Waals surface area contributed by atoms with Crippen LogP contribution >= 0.6 is 0 Å². The van der Waals surface area contributed by atoms with Gasteiger partial charge in [0.05, 0.1) is 6.04 Å². The van der Waals surface area contributed by atoms with E-state index in [1.807, 2.05) is 18.2 Å². The van der Waals surface area contributed by atoms with Gasteiger partial charge in [-0.25, -0.2) is 0 Å². The Morgan fingerprint density at radius 2 is 1.76 bits per heavy atom. The lowest BCUT2D eigenvalue weighted by Gasteiger charge is -2.34. The number of hydrogen-bond donors (Lipinski definition) is 1. The van der Waals surface area contributed by atoms with Crippen LogP contribution in [0.2, 0.25) is 0 Å². The van der Waals surface area contributed by atoms with Crippen LogP contribution in [0.4, 0.5) is 0 Å². The molecule has 0 spiro atoms. The Morgan fingerprint density at radius 1 is 1.14 bits per heavy atom. The first-order chi connectivity index (χ1) is 9.97. The molecule has 2 rings (SSSR count). The van der Waals surface area contributed by atoms with Crippen molar-refractivity contribution in [3.8, 4) is 0 Å². The van der Waals surface area contributed by atoms with E-state index >= 15 is 0 Å². The maximum Gasteiger partial charge on any atom is 0.241 e. The molecular weight excluding hydrogens is 260 g/mol. The van der Waals surface area contributed by atoms with Gasteiger partial charge in [0.1, 0.15) is 6.17 Å². The standard InChI is InChI=1S/C18H28N2O/c1-6-13(4)14(5)20-17(15-10-8-7-9-11-15)19-16(12(2)3)18(20)21/h7-14,16-17,19H,6H2,1-5H3. The van der Waals surface area contributed by atoms with E-state index in [0.29, 0.717) is 11.8 Å². The molecule has 3 heteroatoms. The van der Waals surface area contributed by atoms with E-state index in [1.165, 1.54) is 5.56 Å². The highest BCUT2D eigenvalue weighted by Gasteiger charge is 2.43. The highest BCUT2D eigenvalue weighted by Crippen LogP contribution is 2.32. The number of benzene rings is 1. The molecule has 0 radical (unpaired) electrons. The van der Waals surface area contributed by atoms with E-state index in [0.717, 1.165) is 6.42 Å². The average molecular weight is 288 g/mol. The number of hydrogen-bond acceptors (Lipinski definition) is 2. The molecule has 1 amide bonds. The Morgan fingerprint density at radius 3 is 2.29 bits per heavy atom. The van der Waals surface area contributed by atoms with Crippen molar-refractivity contribution in [3.63, 3.8) is 0 Å². The molecule has 1 fully saturated rings. The van der Waals surface area contributed by atoms with Gasteiger partial charge < -0.3 is 4.90 Å². The van der Waals surface area contributed by atoms with Crippen LogP contribution in [-0.4, -0.2) is 22.9 Å². The summed E-state index contributed by atoms with van der Waals surface area (Å²) in [6, 6.07) is 10.5. The summed E-state index contributed by atoms with van der Waals surface area (Å²) in [6.07, 6.45) is 1.08. The molecule has 0 bridgehead atoms. The minimum atomic E-state index is -0.0817. The quantitative estimate of drug-likeness (QED) is 0.898. The van der Waals surface area contributed by atoms with Gasteiger partial charge in [-0.2, -0.15) is 0 Å². The highest BCUT2D eigenvalue weighted by atomic mass is 16.2. The van der Waals surface area contributed by atoms with Crippen LogP contribution in [0, 0.1) is 11.8 Å². The summed E-state index contributed by atoms with van der Waals surface area (Å²) < 4.78 is 0. The molecule has 0 saturated carbocycles. The van der Waals surface area contributed by atoms with Crippen molar-refractivity contribution < 1.29 is 4.79 Å². The molecule has 0 aliphatic carbocycles. The molecule has 1 heterocycles. The average Bonchev–Trinajstić information content (AvgIpc) is 2.84. The number of rotatable bonds is 5. The van der Waals surface area contributed by atoms with Gasteiger partial charge in [-0.05, 0) is 24.3 Å². The van der Waals surface area contributed by atoms with Gasteiger partial charge >= 0.3 is 0 Å². The van der Waals surface area contributed by atoms with Gasteiger partial charge in [0, 0.05) is 6.04 Å². The van der Waals surface area contributed by atoms with E-state index in [1.54, 1.807) is 0 Å². The zero-order chi connectivity index (χ0) is 15.6. The minimum absolute atomic E-state index is 0.00454. The van der Waals surface area contributed by atoms with Gasteiger partial charge in [0.2, 0.25) is 5.91 Å². The lowest BCUT2D eigenvalue weighted by atomic mass is 9.97. The van der Waals surface area contributed by atoms with E-state index < -0.39 is 0 Å². The van der Waals surface area contributed by atoms with Crippen LogP contribution in [0.25, 0.3) is 0 Å². The maximum atomic E-state index is 12.9. The molecule has 1 aromatic rings. The molecule has 4 atom stereocenters. The van der Waals surface area contributed by atoms with E-state index in [4.69, 9.17) is 0 Å². The predicted octanol–water partition coefficient (Wildman–Crippen LogP) is 3.58. The normalized spacial score (nSPS) is 25.4. The molecule has 1 aliphatic heterocycles. The summed E-state index contributed by atoms with van der Waals surface area (Å²) >= 11 is 0. The van der Waals surface area contributed by atoms with Crippen molar-refractivity contribution >= 4 is 5.91 Å². The first-order valence-corrected chi connectivity index (χ1v) is 8.10. The Hall–Kier alpha value is -1.35. The number of nitrogens with zero attached hydrogens (tertiary/aromatic N) is 1. The van der Waals surface area contributed by atoms with Gasteiger partial charge in [0.25, 0.3) is 0 Å². The van der Waals surface area contributed by atoms with E-state index in [2.05, 4.69) is 57.0 Å². The number of nitrogens with one attached hydrogen (secondary N) is 1. The Kier molecular flexibility index (Phi) is 5.04. The smallest absolute Gasteiger partial charge is 0.241 e. The van der Waals surface area contributed by atoms with Gasteiger partial charge in [-0.15, -0.1) is 0 Å². The fourth-order valence-electron chi connectivity index (χ4n) is 3.03. The van der Waals surface area contributed by atoms with Crippen molar-refractivity contribution in [2.75, 3.05) is 0 Å². The molecule has 116 valence electrons. The second kappa shape index (κ2) is 6.61. The SMILES string of the molecule is CCC(C)C(C)N1C(=O)C(C(C)C)NC1c1ccccc1. The summed E-state index contributed by atoms with van der Waals surface area (Å²) in [6.45, 7) is 10.8. The Bertz CT molecular complexity index is 471. The van der Waals surface area contributed by atoms with Crippen molar-refractivity contribution in [3.05, 3.63) is 35.9 Å². The molecule has 21 heavy (non-hydrogen) atoms. The predicted molar refractivity (Wildman–Crippen MR) is 86.7 cm³/mol. The molecule has 1 aliphatic rings. The zero-order valence-corrected chi connectivity index (χ0v) is 13.8. The van der Waals surface area contributed by atoms with Gasteiger partial charge in [0.15, 0.2) is 0 Å². The van der Waals surface area contributed by atoms with Gasteiger partial charge in [-0.1, -0.05) is 64.4 Å². The molecule has 1 N–H and O–H groups in total. The maximum absolute atomic E-state index is 12.9. The minimum Gasteiger partial charge on any atom is -0.319 e. The molecule has 4 unspecified atom stereocenters. The van der Waals surface area contributed by atoms with Crippen LogP contribution in [0.5, 0.6) is 0 Å². The van der Waals surface area contributed by atoms with Crippen molar-refractivity contribution in [2.24, 2.45) is 11.8 Å². The first kappa shape index (κ1) is 16.0. The number of carbonyl (C=O) groups excluding carboxylic acids is 1.